The summed E-state index contributed by atoms with van der Waals surface area (Å²) in [4.78, 5) is 0. The van der Waals surface area contributed by atoms with E-state index in [4.69, 9.17) is 5.73 Å². The molecule has 4 aliphatic carbocycles. The molecule has 11 heteroatoms. The SMILES string of the molecule is C1CCC2C3NC(NC4NC(NC5NC(NC6NC(N3)C3CCCCC63)C3CCCCC53)C3CCCCC43)C2C1.CCCCCCCCN.I.[Zn]. The number of fused-ring (bicyclic) bond motifs is 20. The van der Waals surface area contributed by atoms with Crippen LogP contribution < -0.4 is 48.3 Å². The predicted octanol–water partition coefficient (Wildman–Crippen LogP) is 5.53. The molecular weight excluding hydrogens is 799 g/mol. The van der Waals surface area contributed by atoms with Crippen LogP contribution in [0, 0.1) is 47.3 Å². The van der Waals surface area contributed by atoms with E-state index in [0.717, 1.165) is 53.9 Å². The second-order valence-corrected chi connectivity index (χ2v) is 18.2. The fourth-order valence-corrected chi connectivity index (χ4v) is 12.9. The van der Waals surface area contributed by atoms with E-state index in [2.05, 4.69) is 49.5 Å². The third kappa shape index (κ3) is 9.26. The molecule has 51 heavy (non-hydrogen) atoms. The van der Waals surface area contributed by atoms with Gasteiger partial charge in [0.25, 0.3) is 0 Å². The van der Waals surface area contributed by atoms with Crippen molar-refractivity contribution in [3.63, 3.8) is 0 Å². The standard InChI is InChI=1S/C32H56N8.C8H19N.HI.Zn/c1-2-10-18-17(9-1)25-33-26(18)38-28-21-13-5-6-14-22(21)30(35-28)40-32-24-16-8-7-15-23(24)31(36-32)39-29-20-12-4-3-11-19(20)27(34-29)37-25;1-2-3-4-5-6-7-8-9;;/h17-40H,1-16H2;2-9H2,1H3;1H;. The van der Waals surface area contributed by atoms with Gasteiger partial charge in [-0.2, -0.15) is 0 Å². The van der Waals surface area contributed by atoms with Gasteiger partial charge in [-0.05, 0) is 112 Å². The molecule has 0 aromatic carbocycles. The summed E-state index contributed by atoms with van der Waals surface area (Å²) in [5.74, 6) is 5.97. The second kappa shape index (κ2) is 19.9. The van der Waals surface area contributed by atoms with Crippen molar-refractivity contribution in [2.45, 2.75) is 198 Å². The summed E-state index contributed by atoms with van der Waals surface area (Å²) in [6.07, 6.45) is 33.6. The zero-order chi connectivity index (χ0) is 33.2. The molecule has 0 amide bonds. The van der Waals surface area contributed by atoms with E-state index >= 15 is 0 Å². The molecule has 0 radical (unpaired) electrons. The Morgan fingerprint density at radius 2 is 0.549 bits per heavy atom. The maximum atomic E-state index is 5.34. The minimum absolute atomic E-state index is 0. The first-order valence-corrected chi connectivity index (χ1v) is 22.0. The Kier molecular flexibility index (Phi) is 16.3. The Hall–Kier alpha value is 0.993. The van der Waals surface area contributed by atoms with Gasteiger partial charge in [0.15, 0.2) is 0 Å². The smallest absolute Gasteiger partial charge is 0.0628 e. The summed E-state index contributed by atoms with van der Waals surface area (Å²) in [5, 5.41) is 33.8. The van der Waals surface area contributed by atoms with E-state index < -0.39 is 0 Å². The Bertz CT molecular complexity index is 830. The Morgan fingerprint density at radius 1 is 0.353 bits per heavy atom. The molecule has 9 nitrogen and oxygen atoms in total. The molecule has 0 spiro atoms. The molecule has 5 heterocycles. The molecular formula is C40H76IN9Zn. The van der Waals surface area contributed by atoms with E-state index in [1.54, 1.807) is 0 Å². The summed E-state index contributed by atoms with van der Waals surface area (Å²) in [6, 6.07) is 0. The molecule has 9 fully saturated rings. The number of hydrogen-bond acceptors (Lipinski definition) is 9. The third-order valence-corrected chi connectivity index (χ3v) is 15.4. The average Bonchev–Trinajstić information content (AvgIpc) is 3.88. The first-order valence-electron chi connectivity index (χ1n) is 22.0. The van der Waals surface area contributed by atoms with Gasteiger partial charge in [-0.15, -0.1) is 24.0 Å². The van der Waals surface area contributed by atoms with Crippen LogP contribution in [-0.2, 0) is 19.5 Å². The Labute approximate surface area is 341 Å². The summed E-state index contributed by atoms with van der Waals surface area (Å²) >= 11 is 0. The van der Waals surface area contributed by atoms with E-state index in [0.29, 0.717) is 49.3 Å². The first-order chi connectivity index (χ1) is 24.2. The largest absolute Gasteiger partial charge is 0.330 e. The molecule has 8 atom stereocenters. The molecule has 4 saturated carbocycles. The van der Waals surface area contributed by atoms with Crippen LogP contribution >= 0.6 is 24.0 Å². The van der Waals surface area contributed by atoms with Crippen molar-refractivity contribution in [1.29, 1.82) is 0 Å². The van der Waals surface area contributed by atoms with E-state index in [1.807, 2.05) is 0 Å². The van der Waals surface area contributed by atoms with Crippen molar-refractivity contribution in [3.05, 3.63) is 0 Å². The number of hydrogen-bond donors (Lipinski definition) is 9. The topological polar surface area (TPSA) is 122 Å². The van der Waals surface area contributed by atoms with Gasteiger partial charge in [-0.1, -0.05) is 90.4 Å². The van der Waals surface area contributed by atoms with Crippen LogP contribution in [0.4, 0.5) is 0 Å². The van der Waals surface area contributed by atoms with E-state index in [1.165, 1.54) is 141 Å². The van der Waals surface area contributed by atoms with E-state index in [-0.39, 0.29) is 43.5 Å². The van der Waals surface area contributed by atoms with Crippen LogP contribution in [0.1, 0.15) is 148 Å². The zero-order valence-electron chi connectivity index (χ0n) is 32.2. The summed E-state index contributed by atoms with van der Waals surface area (Å²) in [5.41, 5.74) is 5.34. The summed E-state index contributed by atoms with van der Waals surface area (Å²) in [7, 11) is 0. The van der Waals surface area contributed by atoms with Crippen molar-refractivity contribution in [1.82, 2.24) is 42.5 Å². The summed E-state index contributed by atoms with van der Waals surface area (Å²) < 4.78 is 0. The fraction of sp³-hybridized carbons (Fsp3) is 1.00. The molecule has 0 aromatic heterocycles. The van der Waals surface area contributed by atoms with Crippen LogP contribution in [-0.4, -0.2) is 55.9 Å². The molecule has 8 bridgehead atoms. The number of unbranched alkanes of at least 4 members (excludes halogenated alkanes) is 5. The average molecular weight is 875 g/mol. The van der Waals surface area contributed by atoms with Crippen molar-refractivity contribution in [3.8, 4) is 0 Å². The quantitative estimate of drug-likeness (QED) is 0.0966. The minimum Gasteiger partial charge on any atom is -0.330 e. The van der Waals surface area contributed by atoms with Gasteiger partial charge in [-0.3, -0.25) is 42.5 Å². The van der Waals surface area contributed by atoms with Gasteiger partial charge in [0, 0.05) is 19.5 Å². The molecule has 0 aromatic rings. The van der Waals surface area contributed by atoms with Gasteiger partial charge in [-0.25, -0.2) is 0 Å². The Balaban J connectivity index is 0.000000364. The number of rotatable bonds is 6. The van der Waals surface area contributed by atoms with Gasteiger partial charge >= 0.3 is 0 Å². The number of nitrogens with one attached hydrogen (secondary N) is 8. The number of halogens is 1. The van der Waals surface area contributed by atoms with Gasteiger partial charge in [0.05, 0.1) is 49.3 Å². The van der Waals surface area contributed by atoms with Gasteiger partial charge in [0.2, 0.25) is 0 Å². The van der Waals surface area contributed by atoms with Crippen LogP contribution in [0.15, 0.2) is 0 Å². The maximum Gasteiger partial charge on any atom is 0.0628 e. The minimum atomic E-state index is 0. The Morgan fingerprint density at radius 3 is 0.745 bits per heavy atom. The first kappa shape index (κ1) is 41.6. The van der Waals surface area contributed by atoms with Crippen LogP contribution in [0.2, 0.25) is 0 Å². The molecule has 5 aliphatic heterocycles. The fourth-order valence-electron chi connectivity index (χ4n) is 12.9. The van der Waals surface area contributed by atoms with Crippen molar-refractivity contribution in [2.75, 3.05) is 6.54 Å². The van der Waals surface area contributed by atoms with Crippen molar-refractivity contribution >= 4 is 24.0 Å². The van der Waals surface area contributed by atoms with Crippen LogP contribution in [0.3, 0.4) is 0 Å². The zero-order valence-corrected chi connectivity index (χ0v) is 37.5. The molecule has 290 valence electrons. The molecule has 8 unspecified atom stereocenters. The molecule has 10 N–H and O–H groups in total. The predicted molar refractivity (Wildman–Crippen MR) is 215 cm³/mol. The van der Waals surface area contributed by atoms with Crippen molar-refractivity contribution < 1.29 is 19.5 Å². The van der Waals surface area contributed by atoms with E-state index in [9.17, 15) is 0 Å². The third-order valence-electron chi connectivity index (χ3n) is 15.4. The monoisotopic (exact) mass is 873 g/mol. The normalized spacial score (nSPS) is 46.9. The molecule has 9 rings (SSSR count). The number of nitrogens with two attached hydrogens (primary N) is 1. The summed E-state index contributed by atoms with van der Waals surface area (Å²) in [6.45, 7) is 3.11. The molecule has 9 aliphatic rings. The van der Waals surface area contributed by atoms with Gasteiger partial charge < -0.3 is 5.73 Å². The maximum absolute atomic E-state index is 5.34. The van der Waals surface area contributed by atoms with Crippen molar-refractivity contribution in [2.24, 2.45) is 53.1 Å². The molecule has 5 saturated heterocycles. The van der Waals surface area contributed by atoms with Gasteiger partial charge in [0.1, 0.15) is 0 Å². The second-order valence-electron chi connectivity index (χ2n) is 18.2. The van der Waals surface area contributed by atoms with Crippen LogP contribution in [0.5, 0.6) is 0 Å². The van der Waals surface area contributed by atoms with Crippen LogP contribution in [0.25, 0.3) is 0 Å².